The van der Waals surface area contributed by atoms with Gasteiger partial charge in [-0.25, -0.2) is 0 Å². The number of aromatic nitrogens is 3. The van der Waals surface area contributed by atoms with Crippen LogP contribution in [0.5, 0.6) is 0 Å². The molecule has 4 nitrogen and oxygen atoms in total. The summed E-state index contributed by atoms with van der Waals surface area (Å²) in [7, 11) is 0. The minimum Gasteiger partial charge on any atom is -0.317 e. The average molecular weight is 252 g/mol. The third-order valence-electron chi connectivity index (χ3n) is 3.39. The van der Waals surface area contributed by atoms with Gasteiger partial charge >= 0.3 is 0 Å². The molecule has 0 bridgehead atoms. The Hall–Kier alpha value is -0.900. The minimum absolute atomic E-state index is 0.564. The van der Waals surface area contributed by atoms with Crippen molar-refractivity contribution < 1.29 is 0 Å². The van der Waals surface area contributed by atoms with E-state index in [-0.39, 0.29) is 0 Å². The zero-order valence-electron chi connectivity index (χ0n) is 12.2. The van der Waals surface area contributed by atoms with E-state index in [9.17, 15) is 0 Å². The van der Waals surface area contributed by atoms with E-state index in [4.69, 9.17) is 0 Å². The lowest BCUT2D eigenvalue weighted by Crippen LogP contribution is -2.26. The van der Waals surface area contributed by atoms with Crippen LogP contribution in [0.25, 0.3) is 0 Å². The molecule has 0 spiro atoms. The van der Waals surface area contributed by atoms with E-state index in [0.717, 1.165) is 18.9 Å². The second-order valence-corrected chi connectivity index (χ2v) is 5.02. The summed E-state index contributed by atoms with van der Waals surface area (Å²) in [5.41, 5.74) is 0. The average Bonchev–Trinajstić information content (AvgIpc) is 2.83. The van der Waals surface area contributed by atoms with Crippen LogP contribution in [0.2, 0.25) is 0 Å². The third-order valence-corrected chi connectivity index (χ3v) is 3.39. The predicted octanol–water partition coefficient (Wildman–Crippen LogP) is 3.14. The highest BCUT2D eigenvalue weighted by molar-refractivity contribution is 4.85. The van der Waals surface area contributed by atoms with Gasteiger partial charge < -0.3 is 9.88 Å². The highest BCUT2D eigenvalue weighted by Gasteiger charge is 2.05. The predicted molar refractivity (Wildman–Crippen MR) is 75.4 cm³/mol. The summed E-state index contributed by atoms with van der Waals surface area (Å²) in [5.74, 6) is 1.04. The molecule has 0 aliphatic carbocycles. The molecule has 1 heterocycles. The summed E-state index contributed by atoms with van der Waals surface area (Å²) < 4.78 is 2.08. The summed E-state index contributed by atoms with van der Waals surface area (Å²) in [6.07, 6.45) is 9.82. The van der Waals surface area contributed by atoms with Gasteiger partial charge in [0.25, 0.3) is 0 Å². The normalized spacial score (nSPS) is 12.8. The zero-order chi connectivity index (χ0) is 13.2. The Kier molecular flexibility index (Phi) is 7.65. The maximum atomic E-state index is 4.13. The fraction of sp³-hybridized carbons (Fsp3) is 0.857. The number of rotatable bonds is 10. The Morgan fingerprint density at radius 3 is 2.72 bits per heavy atom. The molecule has 0 saturated carbocycles. The van der Waals surface area contributed by atoms with Crippen LogP contribution in [0.3, 0.4) is 0 Å². The van der Waals surface area contributed by atoms with Crippen molar-refractivity contribution in [3.8, 4) is 0 Å². The molecule has 1 aromatic rings. The van der Waals surface area contributed by atoms with E-state index in [1.54, 1.807) is 6.33 Å². The number of hydrogen-bond donors (Lipinski definition) is 1. The second-order valence-electron chi connectivity index (χ2n) is 5.02. The first-order valence-corrected chi connectivity index (χ1v) is 7.38. The summed E-state index contributed by atoms with van der Waals surface area (Å²) in [6.45, 7) is 8.39. The second kappa shape index (κ2) is 9.09. The van der Waals surface area contributed by atoms with Crippen LogP contribution < -0.4 is 5.32 Å². The van der Waals surface area contributed by atoms with Crippen molar-refractivity contribution in [2.24, 2.45) is 0 Å². The summed E-state index contributed by atoms with van der Waals surface area (Å²) in [5, 5.41) is 11.6. The van der Waals surface area contributed by atoms with Gasteiger partial charge in [-0.15, -0.1) is 10.2 Å². The van der Waals surface area contributed by atoms with Crippen molar-refractivity contribution in [2.45, 2.75) is 78.4 Å². The van der Waals surface area contributed by atoms with Gasteiger partial charge in [-0.2, -0.15) is 0 Å². The van der Waals surface area contributed by atoms with Crippen molar-refractivity contribution in [1.82, 2.24) is 20.1 Å². The molecular formula is C14H28N4. The van der Waals surface area contributed by atoms with Crippen molar-refractivity contribution in [1.29, 1.82) is 0 Å². The Morgan fingerprint density at radius 2 is 2.00 bits per heavy atom. The Morgan fingerprint density at radius 1 is 1.22 bits per heavy atom. The van der Waals surface area contributed by atoms with Gasteiger partial charge in [-0.05, 0) is 20.3 Å². The molecule has 1 atom stereocenters. The maximum absolute atomic E-state index is 4.13. The van der Waals surface area contributed by atoms with Gasteiger partial charge in [0.15, 0.2) is 0 Å². The van der Waals surface area contributed by atoms with Crippen molar-refractivity contribution in [3.05, 3.63) is 12.2 Å². The van der Waals surface area contributed by atoms with Crippen molar-refractivity contribution in [2.75, 3.05) is 0 Å². The molecule has 1 unspecified atom stereocenters. The molecule has 4 heteroatoms. The largest absolute Gasteiger partial charge is 0.317 e. The van der Waals surface area contributed by atoms with E-state index in [1.807, 2.05) is 0 Å². The molecule has 104 valence electrons. The van der Waals surface area contributed by atoms with Gasteiger partial charge in [0.05, 0.1) is 6.54 Å². The van der Waals surface area contributed by atoms with Gasteiger partial charge in [-0.1, -0.05) is 39.0 Å². The number of nitrogens with zero attached hydrogens (tertiary/aromatic N) is 3. The van der Waals surface area contributed by atoms with E-state index in [1.165, 1.54) is 38.5 Å². The molecule has 0 aromatic carbocycles. The first kappa shape index (κ1) is 15.2. The summed E-state index contributed by atoms with van der Waals surface area (Å²) in [4.78, 5) is 0. The highest BCUT2D eigenvalue weighted by atomic mass is 15.3. The van der Waals surface area contributed by atoms with Gasteiger partial charge in [0, 0.05) is 12.6 Å². The monoisotopic (exact) mass is 252 g/mol. The topological polar surface area (TPSA) is 42.7 Å². The SMILES string of the molecule is CCCCCCCC(C)NCc1nncn1CC. The molecule has 0 radical (unpaired) electrons. The van der Waals surface area contributed by atoms with Crippen LogP contribution in [0.15, 0.2) is 6.33 Å². The van der Waals surface area contributed by atoms with Crippen LogP contribution in [-0.2, 0) is 13.1 Å². The molecule has 0 fully saturated rings. The van der Waals surface area contributed by atoms with E-state index >= 15 is 0 Å². The van der Waals surface area contributed by atoms with Crippen LogP contribution in [0.4, 0.5) is 0 Å². The molecule has 0 amide bonds. The van der Waals surface area contributed by atoms with Gasteiger partial charge in [-0.3, -0.25) is 0 Å². The Bertz CT molecular complexity index is 308. The van der Waals surface area contributed by atoms with Gasteiger partial charge in [0.2, 0.25) is 0 Å². The molecular weight excluding hydrogens is 224 g/mol. The van der Waals surface area contributed by atoms with Crippen molar-refractivity contribution in [3.63, 3.8) is 0 Å². The van der Waals surface area contributed by atoms with Crippen LogP contribution in [0.1, 0.15) is 65.1 Å². The number of nitrogens with one attached hydrogen (secondary N) is 1. The Labute approximate surface area is 111 Å². The number of hydrogen-bond acceptors (Lipinski definition) is 3. The van der Waals surface area contributed by atoms with Crippen molar-refractivity contribution >= 4 is 0 Å². The first-order chi connectivity index (χ1) is 8.77. The zero-order valence-corrected chi connectivity index (χ0v) is 12.2. The molecule has 0 saturated heterocycles. The standard InChI is InChI=1S/C14H28N4/c1-4-6-7-8-9-10-13(3)15-11-14-17-16-12-18(14)5-2/h12-13,15H,4-11H2,1-3H3. The molecule has 0 aliphatic rings. The fourth-order valence-corrected chi connectivity index (χ4v) is 2.10. The number of aryl methyl sites for hydroxylation is 1. The molecule has 1 aromatic heterocycles. The quantitative estimate of drug-likeness (QED) is 0.651. The van der Waals surface area contributed by atoms with Crippen LogP contribution >= 0.6 is 0 Å². The van der Waals surface area contributed by atoms with Crippen LogP contribution in [0, 0.1) is 0 Å². The summed E-state index contributed by atoms with van der Waals surface area (Å²) >= 11 is 0. The molecule has 0 aliphatic heterocycles. The van der Waals surface area contributed by atoms with Crippen LogP contribution in [-0.4, -0.2) is 20.8 Å². The minimum atomic E-state index is 0.564. The smallest absolute Gasteiger partial charge is 0.146 e. The van der Waals surface area contributed by atoms with E-state index in [2.05, 4.69) is 40.9 Å². The van der Waals surface area contributed by atoms with E-state index in [0.29, 0.717) is 6.04 Å². The molecule has 1 N–H and O–H groups in total. The number of unbranched alkanes of at least 4 members (excludes halogenated alkanes) is 4. The van der Waals surface area contributed by atoms with E-state index < -0.39 is 0 Å². The lowest BCUT2D eigenvalue weighted by molar-refractivity contribution is 0.467. The fourth-order valence-electron chi connectivity index (χ4n) is 2.10. The summed E-state index contributed by atoms with van der Waals surface area (Å²) in [6, 6.07) is 0.564. The molecule has 18 heavy (non-hydrogen) atoms. The first-order valence-electron chi connectivity index (χ1n) is 7.38. The maximum Gasteiger partial charge on any atom is 0.146 e. The Balaban J connectivity index is 2.11. The third kappa shape index (κ3) is 5.63. The molecule has 1 rings (SSSR count). The lowest BCUT2D eigenvalue weighted by atomic mass is 10.1. The van der Waals surface area contributed by atoms with Gasteiger partial charge in [0.1, 0.15) is 12.2 Å². The highest BCUT2D eigenvalue weighted by Crippen LogP contribution is 2.07. The lowest BCUT2D eigenvalue weighted by Gasteiger charge is -2.13.